The molecule has 2 aliphatic rings. The minimum atomic E-state index is -0.322. The molecule has 0 amide bonds. The van der Waals surface area contributed by atoms with Crippen molar-refractivity contribution in [3.05, 3.63) is 0 Å². The van der Waals surface area contributed by atoms with E-state index in [2.05, 4.69) is 11.8 Å². The lowest BCUT2D eigenvalue weighted by Crippen LogP contribution is -2.64. The highest BCUT2D eigenvalue weighted by molar-refractivity contribution is 4.98. The van der Waals surface area contributed by atoms with Crippen LogP contribution in [-0.2, 0) is 0 Å². The van der Waals surface area contributed by atoms with Crippen LogP contribution in [0.3, 0.4) is 0 Å². The van der Waals surface area contributed by atoms with Crippen molar-refractivity contribution in [2.45, 2.75) is 57.1 Å². The molecule has 0 atom stereocenters. The quantitative estimate of drug-likeness (QED) is 0.721. The second-order valence-electron chi connectivity index (χ2n) is 4.82. The van der Waals surface area contributed by atoms with E-state index >= 15 is 0 Å². The summed E-state index contributed by atoms with van der Waals surface area (Å²) >= 11 is 0. The van der Waals surface area contributed by atoms with E-state index in [9.17, 15) is 5.11 Å². The molecule has 1 saturated carbocycles. The maximum atomic E-state index is 10.00. The second-order valence-corrected chi connectivity index (χ2v) is 4.82. The van der Waals surface area contributed by atoms with Crippen molar-refractivity contribution in [3.63, 3.8) is 0 Å². The molecular weight excluding hydrogens is 162 g/mol. The molecule has 76 valence electrons. The smallest absolute Gasteiger partial charge is 0.0900 e. The predicted octanol–water partition coefficient (Wildman–Crippen LogP) is 1.78. The summed E-state index contributed by atoms with van der Waals surface area (Å²) in [7, 11) is 0. The van der Waals surface area contributed by atoms with Gasteiger partial charge in [0.15, 0.2) is 0 Å². The highest BCUT2D eigenvalue weighted by Crippen LogP contribution is 2.33. The maximum Gasteiger partial charge on any atom is 0.0900 e. The van der Waals surface area contributed by atoms with Crippen LogP contribution < -0.4 is 0 Å². The fraction of sp³-hybridized carbons (Fsp3) is 1.00. The second kappa shape index (κ2) is 3.58. The van der Waals surface area contributed by atoms with Crippen LogP contribution in [0.25, 0.3) is 0 Å². The Bertz CT molecular complexity index is 169. The molecule has 0 radical (unpaired) electrons. The first-order valence-corrected chi connectivity index (χ1v) is 5.70. The number of likely N-dealkylation sites (tertiary alicyclic amines) is 1. The van der Waals surface area contributed by atoms with Crippen LogP contribution in [0.15, 0.2) is 0 Å². The Morgan fingerprint density at radius 1 is 1.31 bits per heavy atom. The third-order valence-electron chi connectivity index (χ3n) is 3.55. The fourth-order valence-electron chi connectivity index (χ4n) is 2.86. The molecule has 0 unspecified atom stereocenters. The highest BCUT2D eigenvalue weighted by atomic mass is 16.3. The normalized spacial score (nSPS) is 29.1. The lowest BCUT2D eigenvalue weighted by atomic mass is 9.87. The van der Waals surface area contributed by atoms with E-state index in [0.29, 0.717) is 0 Å². The summed E-state index contributed by atoms with van der Waals surface area (Å²) < 4.78 is 0. The van der Waals surface area contributed by atoms with Crippen molar-refractivity contribution >= 4 is 0 Å². The average Bonchev–Trinajstić information content (AvgIpc) is 2.52. The zero-order valence-electron chi connectivity index (χ0n) is 8.63. The monoisotopic (exact) mass is 183 g/mol. The van der Waals surface area contributed by atoms with E-state index < -0.39 is 0 Å². The molecule has 1 aliphatic heterocycles. The minimum Gasteiger partial charge on any atom is -0.387 e. The van der Waals surface area contributed by atoms with Crippen LogP contribution in [-0.4, -0.2) is 34.7 Å². The number of hydrogen-bond donors (Lipinski definition) is 1. The van der Waals surface area contributed by atoms with E-state index in [1.54, 1.807) is 0 Å². The van der Waals surface area contributed by atoms with Crippen molar-refractivity contribution in [1.82, 2.24) is 4.90 Å². The average molecular weight is 183 g/mol. The van der Waals surface area contributed by atoms with Crippen molar-refractivity contribution < 1.29 is 5.11 Å². The Labute approximate surface area is 80.9 Å². The van der Waals surface area contributed by atoms with E-state index in [1.165, 1.54) is 25.7 Å². The summed E-state index contributed by atoms with van der Waals surface area (Å²) in [4.78, 5) is 2.47. The van der Waals surface area contributed by atoms with Gasteiger partial charge in [0.05, 0.1) is 5.60 Å². The molecule has 2 heteroatoms. The summed E-state index contributed by atoms with van der Waals surface area (Å²) in [5.41, 5.74) is -0.322. The molecule has 2 rings (SSSR count). The predicted molar refractivity (Wildman–Crippen MR) is 53.7 cm³/mol. The van der Waals surface area contributed by atoms with E-state index in [4.69, 9.17) is 0 Å². The van der Waals surface area contributed by atoms with Gasteiger partial charge < -0.3 is 5.11 Å². The van der Waals surface area contributed by atoms with Gasteiger partial charge in [-0.15, -0.1) is 0 Å². The Balaban J connectivity index is 1.76. The highest BCUT2D eigenvalue weighted by Gasteiger charge is 2.43. The maximum absolute atomic E-state index is 10.00. The zero-order valence-corrected chi connectivity index (χ0v) is 8.63. The SMILES string of the molecule is CCCC1(O)CN(C2CCCC2)C1. The molecule has 0 aromatic rings. The van der Waals surface area contributed by atoms with E-state index in [0.717, 1.165) is 32.0 Å². The van der Waals surface area contributed by atoms with E-state index in [-0.39, 0.29) is 5.60 Å². The van der Waals surface area contributed by atoms with Crippen LogP contribution in [0.1, 0.15) is 45.4 Å². The lowest BCUT2D eigenvalue weighted by molar-refractivity contribution is -0.118. The number of aliphatic hydroxyl groups is 1. The van der Waals surface area contributed by atoms with Crippen molar-refractivity contribution in [1.29, 1.82) is 0 Å². The van der Waals surface area contributed by atoms with Crippen molar-refractivity contribution in [2.24, 2.45) is 0 Å². The first kappa shape index (κ1) is 9.47. The van der Waals surface area contributed by atoms with Gasteiger partial charge in [-0.1, -0.05) is 26.2 Å². The topological polar surface area (TPSA) is 23.5 Å². The molecule has 0 spiro atoms. The number of rotatable bonds is 3. The van der Waals surface area contributed by atoms with Gasteiger partial charge in [-0.2, -0.15) is 0 Å². The Kier molecular flexibility index (Phi) is 2.61. The summed E-state index contributed by atoms with van der Waals surface area (Å²) in [6, 6.07) is 0.803. The Morgan fingerprint density at radius 3 is 2.46 bits per heavy atom. The first-order chi connectivity index (χ1) is 6.23. The zero-order chi connectivity index (χ0) is 9.31. The van der Waals surface area contributed by atoms with Gasteiger partial charge in [0, 0.05) is 19.1 Å². The lowest BCUT2D eigenvalue weighted by Gasteiger charge is -2.49. The standard InChI is InChI=1S/C11H21NO/c1-2-7-11(13)8-12(9-11)10-5-3-4-6-10/h10,13H,2-9H2,1H3. The van der Waals surface area contributed by atoms with Gasteiger partial charge in [0.2, 0.25) is 0 Å². The summed E-state index contributed by atoms with van der Waals surface area (Å²) in [6.07, 6.45) is 7.61. The molecular formula is C11H21NO. The number of nitrogens with zero attached hydrogens (tertiary/aromatic N) is 1. The van der Waals surface area contributed by atoms with Gasteiger partial charge in [0.1, 0.15) is 0 Å². The molecule has 2 fully saturated rings. The third-order valence-corrected chi connectivity index (χ3v) is 3.55. The van der Waals surface area contributed by atoms with Crippen LogP contribution >= 0.6 is 0 Å². The van der Waals surface area contributed by atoms with Crippen LogP contribution in [0, 0.1) is 0 Å². The minimum absolute atomic E-state index is 0.322. The van der Waals surface area contributed by atoms with Crippen LogP contribution in [0.5, 0.6) is 0 Å². The van der Waals surface area contributed by atoms with Crippen LogP contribution in [0.4, 0.5) is 0 Å². The number of hydrogen-bond acceptors (Lipinski definition) is 2. The molecule has 0 aromatic carbocycles. The van der Waals surface area contributed by atoms with Gasteiger partial charge in [-0.05, 0) is 19.3 Å². The molecule has 0 bridgehead atoms. The molecule has 1 aliphatic carbocycles. The van der Waals surface area contributed by atoms with Gasteiger partial charge in [-0.3, -0.25) is 4.90 Å². The Morgan fingerprint density at radius 2 is 1.92 bits per heavy atom. The van der Waals surface area contributed by atoms with E-state index in [1.807, 2.05) is 0 Å². The fourth-order valence-corrected chi connectivity index (χ4v) is 2.86. The largest absolute Gasteiger partial charge is 0.387 e. The van der Waals surface area contributed by atoms with Crippen molar-refractivity contribution in [2.75, 3.05) is 13.1 Å². The number of β-amino-alcohol motifs (C(OH)–C–C–N with tert-alkyl or cyclic N) is 1. The first-order valence-electron chi connectivity index (χ1n) is 5.70. The summed E-state index contributed by atoms with van der Waals surface area (Å²) in [5, 5.41) is 10.00. The molecule has 1 N–H and O–H groups in total. The molecule has 2 nitrogen and oxygen atoms in total. The third kappa shape index (κ3) is 1.89. The summed E-state index contributed by atoms with van der Waals surface area (Å²) in [5.74, 6) is 0. The molecule has 1 saturated heterocycles. The van der Waals surface area contributed by atoms with Gasteiger partial charge in [0.25, 0.3) is 0 Å². The molecule has 1 heterocycles. The molecule has 0 aromatic heterocycles. The van der Waals surface area contributed by atoms with Gasteiger partial charge in [-0.25, -0.2) is 0 Å². The van der Waals surface area contributed by atoms with Crippen LogP contribution in [0.2, 0.25) is 0 Å². The molecule has 13 heavy (non-hydrogen) atoms. The van der Waals surface area contributed by atoms with Gasteiger partial charge >= 0.3 is 0 Å². The Hall–Kier alpha value is -0.0800. The summed E-state index contributed by atoms with van der Waals surface area (Å²) in [6.45, 7) is 4.02. The van der Waals surface area contributed by atoms with Crippen molar-refractivity contribution in [3.8, 4) is 0 Å².